The van der Waals surface area contributed by atoms with Crippen LogP contribution in [0.5, 0.6) is 0 Å². The number of carbonyl (C=O) groups excluding carboxylic acids is 1. The Morgan fingerprint density at radius 3 is 2.91 bits per heavy atom. The summed E-state index contributed by atoms with van der Waals surface area (Å²) >= 11 is 9.09. The quantitative estimate of drug-likeness (QED) is 0.567. The van der Waals surface area contributed by atoms with Crippen LogP contribution < -0.4 is 5.32 Å². The largest absolute Gasteiger partial charge is 0.296 e. The average Bonchev–Trinajstić information content (AvgIpc) is 2.95. The van der Waals surface area contributed by atoms with Crippen molar-refractivity contribution in [2.75, 3.05) is 11.6 Å². The van der Waals surface area contributed by atoms with Crippen LogP contribution in [0.15, 0.2) is 23.1 Å². The fourth-order valence-corrected chi connectivity index (χ4v) is 3.32. The Morgan fingerprint density at radius 2 is 2.18 bits per heavy atom. The molecule has 0 spiro atoms. The van der Waals surface area contributed by atoms with E-state index in [1.54, 1.807) is 23.9 Å². The van der Waals surface area contributed by atoms with Gasteiger partial charge in [-0.3, -0.25) is 10.1 Å². The van der Waals surface area contributed by atoms with E-state index in [0.717, 1.165) is 22.7 Å². The summed E-state index contributed by atoms with van der Waals surface area (Å²) in [6.45, 7) is 2.16. The molecule has 0 bridgehead atoms. The van der Waals surface area contributed by atoms with Crippen LogP contribution in [0.4, 0.5) is 5.13 Å². The second-order valence-corrected chi connectivity index (χ2v) is 7.11. The van der Waals surface area contributed by atoms with Gasteiger partial charge in [-0.1, -0.05) is 42.7 Å². The molecule has 0 aliphatic rings. The molecule has 0 unspecified atom stereocenters. The number of aryl methyl sites for hydroxylation is 1. The number of nitrogens with one attached hydrogen (secondary N) is 1. The maximum absolute atomic E-state index is 12.3. The number of hydrogen-bond donors (Lipinski definition) is 1. The molecule has 0 aliphatic heterocycles. The smallest absolute Gasteiger partial charge is 0.259 e. The summed E-state index contributed by atoms with van der Waals surface area (Å²) < 4.78 is 0. The summed E-state index contributed by atoms with van der Waals surface area (Å²) in [6.07, 6.45) is 6.31. The first-order valence-corrected chi connectivity index (χ1v) is 9.53. The summed E-state index contributed by atoms with van der Waals surface area (Å²) in [6, 6.07) is 5.41. The predicted molar refractivity (Wildman–Crippen MR) is 94.3 cm³/mol. The molecular weight excluding hydrogens is 338 g/mol. The van der Waals surface area contributed by atoms with Gasteiger partial charge >= 0.3 is 0 Å². The molecule has 0 fully saturated rings. The van der Waals surface area contributed by atoms with Crippen LogP contribution in [-0.4, -0.2) is 22.4 Å². The minimum atomic E-state index is -0.253. The molecule has 1 heterocycles. The van der Waals surface area contributed by atoms with E-state index in [2.05, 4.69) is 22.4 Å². The Morgan fingerprint density at radius 1 is 1.36 bits per heavy atom. The van der Waals surface area contributed by atoms with Crippen LogP contribution in [0.2, 0.25) is 5.02 Å². The van der Waals surface area contributed by atoms with E-state index >= 15 is 0 Å². The van der Waals surface area contributed by atoms with Crippen LogP contribution >= 0.6 is 34.7 Å². The van der Waals surface area contributed by atoms with Gasteiger partial charge in [0.2, 0.25) is 5.13 Å². The van der Waals surface area contributed by atoms with Crippen molar-refractivity contribution < 1.29 is 4.79 Å². The van der Waals surface area contributed by atoms with Crippen molar-refractivity contribution >= 4 is 45.7 Å². The summed E-state index contributed by atoms with van der Waals surface area (Å²) in [4.78, 5) is 13.3. The van der Waals surface area contributed by atoms with Gasteiger partial charge in [0.15, 0.2) is 0 Å². The fourth-order valence-electron chi connectivity index (χ4n) is 1.90. The minimum Gasteiger partial charge on any atom is -0.296 e. The highest BCUT2D eigenvalue weighted by Crippen LogP contribution is 2.25. The standard InChI is InChI=1S/C15H18ClN3OS2/c1-3-4-5-6-13-18-19-15(22-13)17-14(20)11-9-10(21-2)7-8-12(11)16/h7-9H,3-6H2,1-2H3,(H,17,19,20). The fraction of sp³-hybridized carbons (Fsp3) is 0.400. The molecule has 1 aromatic heterocycles. The number of amides is 1. The maximum atomic E-state index is 12.3. The van der Waals surface area contributed by atoms with E-state index in [9.17, 15) is 4.79 Å². The Bertz CT molecular complexity index is 645. The summed E-state index contributed by atoms with van der Waals surface area (Å²) in [5.74, 6) is -0.253. The predicted octanol–water partition coefficient (Wildman–Crippen LogP) is 4.90. The van der Waals surface area contributed by atoms with Gasteiger partial charge < -0.3 is 0 Å². The van der Waals surface area contributed by atoms with Crippen molar-refractivity contribution in [3.63, 3.8) is 0 Å². The molecule has 1 N–H and O–H groups in total. The van der Waals surface area contributed by atoms with Gasteiger partial charge in [0, 0.05) is 11.3 Å². The van der Waals surface area contributed by atoms with Crippen molar-refractivity contribution in [1.82, 2.24) is 10.2 Å². The zero-order valence-electron chi connectivity index (χ0n) is 12.6. The molecule has 2 aromatic rings. The van der Waals surface area contributed by atoms with E-state index in [4.69, 9.17) is 11.6 Å². The van der Waals surface area contributed by atoms with E-state index in [-0.39, 0.29) is 5.91 Å². The van der Waals surface area contributed by atoms with Crippen molar-refractivity contribution in [2.24, 2.45) is 0 Å². The molecule has 0 aliphatic carbocycles. The topological polar surface area (TPSA) is 54.9 Å². The molecule has 2 rings (SSSR count). The number of benzene rings is 1. The molecule has 0 atom stereocenters. The lowest BCUT2D eigenvalue weighted by atomic mass is 10.2. The van der Waals surface area contributed by atoms with E-state index < -0.39 is 0 Å². The van der Waals surface area contributed by atoms with E-state index in [1.807, 2.05) is 12.3 Å². The first kappa shape index (κ1) is 17.2. The van der Waals surface area contributed by atoms with Gasteiger partial charge in [0.1, 0.15) is 5.01 Å². The number of anilines is 1. The number of halogens is 1. The zero-order valence-corrected chi connectivity index (χ0v) is 14.9. The Balaban J connectivity index is 2.03. The number of nitrogens with zero attached hydrogens (tertiary/aromatic N) is 2. The van der Waals surface area contributed by atoms with E-state index in [1.165, 1.54) is 24.2 Å². The van der Waals surface area contributed by atoms with Crippen molar-refractivity contribution in [3.8, 4) is 0 Å². The molecule has 0 saturated carbocycles. The Kier molecular flexibility index (Phi) is 6.67. The monoisotopic (exact) mass is 355 g/mol. The molecule has 118 valence electrons. The second-order valence-electron chi connectivity index (χ2n) is 4.76. The van der Waals surface area contributed by atoms with Crippen molar-refractivity contribution in [3.05, 3.63) is 33.8 Å². The number of unbranched alkanes of at least 4 members (excludes halogenated alkanes) is 2. The van der Waals surface area contributed by atoms with Crippen LogP contribution in [0.1, 0.15) is 41.6 Å². The number of aromatic nitrogens is 2. The number of hydrogen-bond acceptors (Lipinski definition) is 5. The highest BCUT2D eigenvalue weighted by Gasteiger charge is 2.14. The van der Waals surface area contributed by atoms with Gasteiger partial charge in [-0.05, 0) is 30.9 Å². The third-order valence-electron chi connectivity index (χ3n) is 3.10. The molecule has 1 amide bonds. The van der Waals surface area contributed by atoms with Crippen LogP contribution in [0.25, 0.3) is 0 Å². The van der Waals surface area contributed by atoms with Crippen molar-refractivity contribution in [2.45, 2.75) is 37.5 Å². The lowest BCUT2D eigenvalue weighted by molar-refractivity contribution is 0.102. The van der Waals surface area contributed by atoms with Crippen LogP contribution in [-0.2, 0) is 6.42 Å². The Labute approximate surface area is 143 Å². The minimum absolute atomic E-state index is 0.253. The maximum Gasteiger partial charge on any atom is 0.259 e. The molecule has 22 heavy (non-hydrogen) atoms. The number of carbonyl (C=O) groups is 1. The van der Waals surface area contributed by atoms with Gasteiger partial charge in [-0.25, -0.2) is 0 Å². The van der Waals surface area contributed by atoms with Crippen LogP contribution in [0, 0.1) is 0 Å². The Hall–Kier alpha value is -1.11. The number of thioether (sulfide) groups is 1. The lowest BCUT2D eigenvalue weighted by Crippen LogP contribution is -2.12. The first-order chi connectivity index (χ1) is 10.6. The normalized spacial score (nSPS) is 10.7. The van der Waals surface area contributed by atoms with Gasteiger partial charge in [0.25, 0.3) is 5.91 Å². The summed E-state index contributed by atoms with van der Waals surface area (Å²) in [5.41, 5.74) is 0.455. The van der Waals surface area contributed by atoms with Gasteiger partial charge in [-0.2, -0.15) is 0 Å². The first-order valence-electron chi connectivity index (χ1n) is 7.11. The highest BCUT2D eigenvalue weighted by molar-refractivity contribution is 7.98. The molecule has 1 aromatic carbocycles. The molecule has 0 radical (unpaired) electrons. The third kappa shape index (κ3) is 4.69. The molecular formula is C15H18ClN3OS2. The average molecular weight is 356 g/mol. The lowest BCUT2D eigenvalue weighted by Gasteiger charge is -2.05. The zero-order chi connectivity index (χ0) is 15.9. The molecule has 7 heteroatoms. The van der Waals surface area contributed by atoms with Crippen LogP contribution in [0.3, 0.4) is 0 Å². The van der Waals surface area contributed by atoms with Crippen molar-refractivity contribution in [1.29, 1.82) is 0 Å². The molecule has 4 nitrogen and oxygen atoms in total. The molecule has 0 saturated heterocycles. The summed E-state index contributed by atoms with van der Waals surface area (Å²) in [5, 5.41) is 12.8. The second kappa shape index (κ2) is 8.50. The highest BCUT2D eigenvalue weighted by atomic mass is 35.5. The van der Waals surface area contributed by atoms with E-state index in [0.29, 0.717) is 15.7 Å². The number of rotatable bonds is 7. The SMILES string of the molecule is CCCCCc1nnc(NC(=O)c2cc(SC)ccc2Cl)s1. The van der Waals surface area contributed by atoms with Gasteiger partial charge in [-0.15, -0.1) is 22.0 Å². The van der Waals surface area contributed by atoms with Gasteiger partial charge in [0.05, 0.1) is 10.6 Å². The summed E-state index contributed by atoms with van der Waals surface area (Å²) in [7, 11) is 0. The third-order valence-corrected chi connectivity index (χ3v) is 5.05.